The SMILES string of the molecule is Cc1[nH]c2cc3c(cc2c1C)OCO3. The lowest BCUT2D eigenvalue weighted by Crippen LogP contribution is -1.92. The van der Waals surface area contributed by atoms with E-state index in [9.17, 15) is 0 Å². The third kappa shape index (κ3) is 0.867. The number of nitrogens with one attached hydrogen (secondary N) is 1. The zero-order valence-electron chi connectivity index (χ0n) is 8.18. The van der Waals surface area contributed by atoms with Crippen molar-refractivity contribution >= 4 is 10.9 Å². The number of benzene rings is 1. The van der Waals surface area contributed by atoms with E-state index in [1.807, 2.05) is 12.1 Å². The van der Waals surface area contributed by atoms with Crippen LogP contribution < -0.4 is 9.47 Å². The molecule has 3 nitrogen and oxygen atoms in total. The highest BCUT2D eigenvalue weighted by Gasteiger charge is 2.16. The first-order chi connectivity index (χ1) is 6.75. The molecule has 0 aliphatic carbocycles. The number of aromatic nitrogens is 1. The number of H-pyrrole nitrogens is 1. The maximum Gasteiger partial charge on any atom is 0.231 e. The predicted molar refractivity (Wildman–Crippen MR) is 53.9 cm³/mol. The van der Waals surface area contributed by atoms with E-state index in [-0.39, 0.29) is 0 Å². The fraction of sp³-hybridized carbons (Fsp3) is 0.273. The summed E-state index contributed by atoms with van der Waals surface area (Å²) in [6.07, 6.45) is 0. The average Bonchev–Trinajstić information content (AvgIpc) is 2.70. The van der Waals surface area contributed by atoms with Gasteiger partial charge < -0.3 is 14.5 Å². The minimum absolute atomic E-state index is 0.333. The molecule has 3 rings (SSSR count). The number of rotatable bonds is 0. The molecule has 0 bridgehead atoms. The quantitative estimate of drug-likeness (QED) is 0.691. The van der Waals surface area contributed by atoms with Crippen molar-refractivity contribution in [2.75, 3.05) is 6.79 Å². The minimum atomic E-state index is 0.333. The molecule has 0 spiro atoms. The van der Waals surface area contributed by atoms with Gasteiger partial charge in [-0.3, -0.25) is 0 Å². The first kappa shape index (κ1) is 7.74. The lowest BCUT2D eigenvalue weighted by atomic mass is 10.1. The average molecular weight is 189 g/mol. The largest absolute Gasteiger partial charge is 0.454 e. The van der Waals surface area contributed by atoms with Crippen LogP contribution in [0, 0.1) is 13.8 Å². The zero-order chi connectivity index (χ0) is 9.71. The van der Waals surface area contributed by atoms with E-state index in [0.29, 0.717) is 6.79 Å². The lowest BCUT2D eigenvalue weighted by molar-refractivity contribution is 0.174. The third-order valence-electron chi connectivity index (χ3n) is 2.80. The topological polar surface area (TPSA) is 34.2 Å². The Hall–Kier alpha value is -1.64. The summed E-state index contributed by atoms with van der Waals surface area (Å²) < 4.78 is 10.6. The van der Waals surface area contributed by atoms with Gasteiger partial charge in [0.25, 0.3) is 0 Å². The van der Waals surface area contributed by atoms with Gasteiger partial charge in [-0.25, -0.2) is 0 Å². The van der Waals surface area contributed by atoms with Crippen LogP contribution in [0.25, 0.3) is 10.9 Å². The van der Waals surface area contributed by atoms with Gasteiger partial charge in [-0.15, -0.1) is 0 Å². The van der Waals surface area contributed by atoms with Crippen LogP contribution in [0.1, 0.15) is 11.3 Å². The Balaban J connectivity index is 2.38. The number of fused-ring (bicyclic) bond motifs is 2. The number of aromatic amines is 1. The van der Waals surface area contributed by atoms with E-state index in [1.54, 1.807) is 0 Å². The highest BCUT2D eigenvalue weighted by Crippen LogP contribution is 2.37. The molecule has 1 N–H and O–H groups in total. The number of aryl methyl sites for hydroxylation is 2. The predicted octanol–water partition coefficient (Wildman–Crippen LogP) is 2.51. The van der Waals surface area contributed by atoms with Crippen LogP contribution in [-0.4, -0.2) is 11.8 Å². The van der Waals surface area contributed by atoms with Gasteiger partial charge in [0.1, 0.15) is 0 Å². The summed E-state index contributed by atoms with van der Waals surface area (Å²) in [5.74, 6) is 1.68. The Labute approximate surface area is 81.6 Å². The lowest BCUT2D eigenvalue weighted by Gasteiger charge is -1.96. The van der Waals surface area contributed by atoms with Crippen LogP contribution in [0.4, 0.5) is 0 Å². The van der Waals surface area contributed by atoms with Crippen molar-refractivity contribution in [1.82, 2.24) is 4.98 Å². The van der Waals surface area contributed by atoms with Gasteiger partial charge in [0.05, 0.1) is 0 Å². The molecule has 0 saturated carbocycles. The first-order valence-corrected chi connectivity index (χ1v) is 4.64. The molecule has 0 radical (unpaired) electrons. The van der Waals surface area contributed by atoms with Gasteiger partial charge in [0, 0.05) is 22.7 Å². The molecule has 3 heteroatoms. The molecule has 72 valence electrons. The minimum Gasteiger partial charge on any atom is -0.454 e. The van der Waals surface area contributed by atoms with Crippen LogP contribution in [0.2, 0.25) is 0 Å². The summed E-state index contributed by atoms with van der Waals surface area (Å²) in [5, 5.41) is 1.21. The van der Waals surface area contributed by atoms with E-state index in [2.05, 4.69) is 18.8 Å². The molecule has 1 aromatic heterocycles. The second-order valence-electron chi connectivity index (χ2n) is 3.63. The van der Waals surface area contributed by atoms with E-state index >= 15 is 0 Å². The molecule has 14 heavy (non-hydrogen) atoms. The summed E-state index contributed by atoms with van der Waals surface area (Å²) in [4.78, 5) is 3.32. The first-order valence-electron chi connectivity index (χ1n) is 4.64. The van der Waals surface area contributed by atoms with Crippen molar-refractivity contribution in [3.63, 3.8) is 0 Å². The molecule has 0 amide bonds. The van der Waals surface area contributed by atoms with Gasteiger partial charge in [-0.1, -0.05) is 0 Å². The van der Waals surface area contributed by atoms with Gasteiger partial charge in [0.2, 0.25) is 6.79 Å². The fourth-order valence-corrected chi connectivity index (χ4v) is 1.85. The van der Waals surface area contributed by atoms with Crippen LogP contribution in [0.5, 0.6) is 11.5 Å². The molecule has 1 aliphatic heterocycles. The highest BCUT2D eigenvalue weighted by atomic mass is 16.7. The number of hydrogen-bond acceptors (Lipinski definition) is 2. The van der Waals surface area contributed by atoms with Crippen LogP contribution in [0.3, 0.4) is 0 Å². The van der Waals surface area contributed by atoms with Gasteiger partial charge in [0.15, 0.2) is 11.5 Å². The zero-order valence-corrected chi connectivity index (χ0v) is 8.18. The molecular weight excluding hydrogens is 178 g/mol. The second kappa shape index (κ2) is 2.44. The van der Waals surface area contributed by atoms with Gasteiger partial charge in [-0.05, 0) is 25.5 Å². The van der Waals surface area contributed by atoms with Gasteiger partial charge in [-0.2, -0.15) is 0 Å². The van der Waals surface area contributed by atoms with Gasteiger partial charge >= 0.3 is 0 Å². The summed E-state index contributed by atoms with van der Waals surface area (Å²) in [5.41, 5.74) is 3.59. The summed E-state index contributed by atoms with van der Waals surface area (Å²) >= 11 is 0. The summed E-state index contributed by atoms with van der Waals surface area (Å²) in [6.45, 7) is 4.51. The van der Waals surface area contributed by atoms with Crippen molar-refractivity contribution in [3.8, 4) is 11.5 Å². The van der Waals surface area contributed by atoms with Crippen molar-refractivity contribution in [3.05, 3.63) is 23.4 Å². The van der Waals surface area contributed by atoms with Crippen LogP contribution in [0.15, 0.2) is 12.1 Å². The summed E-state index contributed by atoms with van der Waals surface area (Å²) in [6, 6.07) is 4.04. The molecular formula is C11H11NO2. The van der Waals surface area contributed by atoms with E-state index < -0.39 is 0 Å². The Bertz CT molecular complexity index is 513. The Morgan fingerprint density at radius 3 is 2.64 bits per heavy atom. The fourth-order valence-electron chi connectivity index (χ4n) is 1.85. The molecule has 1 aliphatic rings. The van der Waals surface area contributed by atoms with E-state index in [1.165, 1.54) is 16.6 Å². The standard InChI is InChI=1S/C11H11NO2/c1-6-7(2)12-9-4-11-10(3-8(6)9)13-5-14-11/h3-4,12H,5H2,1-2H3. The van der Waals surface area contributed by atoms with E-state index in [4.69, 9.17) is 9.47 Å². The van der Waals surface area contributed by atoms with Crippen LogP contribution in [-0.2, 0) is 0 Å². The molecule has 2 heterocycles. The van der Waals surface area contributed by atoms with Crippen molar-refractivity contribution in [2.45, 2.75) is 13.8 Å². The number of hydrogen-bond donors (Lipinski definition) is 1. The molecule has 0 atom stereocenters. The Morgan fingerprint density at radius 1 is 1.14 bits per heavy atom. The monoisotopic (exact) mass is 189 g/mol. The van der Waals surface area contributed by atoms with Crippen molar-refractivity contribution in [2.24, 2.45) is 0 Å². The summed E-state index contributed by atoms with van der Waals surface area (Å²) in [7, 11) is 0. The molecule has 0 unspecified atom stereocenters. The molecule has 0 fully saturated rings. The highest BCUT2D eigenvalue weighted by molar-refractivity contribution is 5.87. The third-order valence-corrected chi connectivity index (χ3v) is 2.80. The number of ether oxygens (including phenoxy) is 2. The Morgan fingerprint density at radius 2 is 1.86 bits per heavy atom. The van der Waals surface area contributed by atoms with Crippen molar-refractivity contribution < 1.29 is 9.47 Å². The van der Waals surface area contributed by atoms with E-state index in [0.717, 1.165) is 17.0 Å². The normalized spacial score (nSPS) is 13.9. The maximum atomic E-state index is 5.33. The van der Waals surface area contributed by atoms with Crippen LogP contribution >= 0.6 is 0 Å². The molecule has 1 aromatic carbocycles. The maximum absolute atomic E-state index is 5.33. The van der Waals surface area contributed by atoms with Crippen molar-refractivity contribution in [1.29, 1.82) is 0 Å². The molecule has 2 aromatic rings. The smallest absolute Gasteiger partial charge is 0.231 e. The second-order valence-corrected chi connectivity index (χ2v) is 3.63. The molecule has 0 saturated heterocycles. The Kier molecular flexibility index (Phi) is 1.35.